The van der Waals surface area contributed by atoms with Crippen LogP contribution in [0.5, 0.6) is 5.75 Å². The number of hydrogen-bond donors (Lipinski definition) is 2. The predicted molar refractivity (Wildman–Crippen MR) is 62.8 cm³/mol. The lowest BCUT2D eigenvalue weighted by Crippen LogP contribution is -2.22. The van der Waals surface area contributed by atoms with Gasteiger partial charge in [0.05, 0.1) is 13.7 Å². The second kappa shape index (κ2) is 4.85. The van der Waals surface area contributed by atoms with Gasteiger partial charge in [0.2, 0.25) is 0 Å². The van der Waals surface area contributed by atoms with Crippen LogP contribution in [0.4, 0.5) is 0 Å². The number of carbonyl (C=O) groups excluding carboxylic acids is 1. The van der Waals surface area contributed by atoms with Crippen molar-refractivity contribution in [2.45, 2.75) is 6.54 Å². The maximum Gasteiger partial charge on any atom is 0.265 e. The van der Waals surface area contributed by atoms with Crippen LogP contribution in [0.25, 0.3) is 0 Å². The summed E-state index contributed by atoms with van der Waals surface area (Å²) in [7, 11) is 1.56. The molecule has 2 rings (SSSR count). The molecule has 16 heavy (non-hydrogen) atoms. The van der Waals surface area contributed by atoms with E-state index in [-0.39, 0.29) is 5.91 Å². The zero-order chi connectivity index (χ0) is 11.4. The summed E-state index contributed by atoms with van der Waals surface area (Å²) in [6.07, 6.45) is 1.83. The second-order valence-corrected chi connectivity index (χ2v) is 4.11. The number of methoxy groups -OCH3 is 1. The molecule has 0 aliphatic heterocycles. The molecule has 2 heterocycles. The number of aromatic amines is 1. The van der Waals surface area contributed by atoms with E-state index in [4.69, 9.17) is 4.74 Å². The first-order valence-corrected chi connectivity index (χ1v) is 5.71. The van der Waals surface area contributed by atoms with Crippen molar-refractivity contribution in [2.75, 3.05) is 7.11 Å². The Morgan fingerprint density at radius 3 is 3.12 bits per heavy atom. The van der Waals surface area contributed by atoms with Gasteiger partial charge >= 0.3 is 0 Å². The number of hydrogen-bond acceptors (Lipinski definition) is 3. The molecule has 2 N–H and O–H groups in total. The molecule has 0 spiro atoms. The molecule has 84 valence electrons. The first kappa shape index (κ1) is 10.8. The molecule has 2 aromatic rings. The fraction of sp³-hybridized carbons (Fsp3) is 0.182. The van der Waals surface area contributed by atoms with Gasteiger partial charge in [-0.25, -0.2) is 0 Å². The van der Waals surface area contributed by atoms with Gasteiger partial charge in [-0.05, 0) is 23.6 Å². The minimum atomic E-state index is -0.110. The smallest absolute Gasteiger partial charge is 0.265 e. The Morgan fingerprint density at radius 2 is 2.44 bits per heavy atom. The van der Waals surface area contributed by atoms with Crippen LogP contribution in [0.2, 0.25) is 0 Å². The first-order chi connectivity index (χ1) is 7.81. The number of amides is 1. The first-order valence-electron chi connectivity index (χ1n) is 4.83. The lowest BCUT2D eigenvalue weighted by atomic mass is 10.4. The number of aromatic nitrogens is 1. The van der Waals surface area contributed by atoms with Crippen molar-refractivity contribution < 1.29 is 9.53 Å². The van der Waals surface area contributed by atoms with Crippen LogP contribution in [-0.2, 0) is 6.54 Å². The Hall–Kier alpha value is -1.75. The summed E-state index contributed by atoms with van der Waals surface area (Å²) in [5, 5.41) is 4.66. The molecule has 0 aliphatic rings. The van der Waals surface area contributed by atoms with Crippen LogP contribution < -0.4 is 10.1 Å². The molecule has 0 aliphatic carbocycles. The van der Waals surface area contributed by atoms with E-state index in [0.717, 1.165) is 5.69 Å². The summed E-state index contributed by atoms with van der Waals surface area (Å²) in [6, 6.07) is 5.60. The van der Waals surface area contributed by atoms with Gasteiger partial charge in [-0.15, -0.1) is 11.3 Å². The van der Waals surface area contributed by atoms with Crippen LogP contribution in [0.15, 0.2) is 29.8 Å². The fourth-order valence-electron chi connectivity index (χ4n) is 1.36. The molecule has 0 saturated carbocycles. The molecule has 0 aromatic carbocycles. The lowest BCUT2D eigenvalue weighted by molar-refractivity contribution is 0.0952. The van der Waals surface area contributed by atoms with Crippen LogP contribution in [0.3, 0.4) is 0 Å². The SMILES string of the molecule is COc1ccsc1C(=O)NCc1ccc[nH]1. The van der Waals surface area contributed by atoms with Crippen molar-refractivity contribution in [1.82, 2.24) is 10.3 Å². The van der Waals surface area contributed by atoms with Gasteiger partial charge in [0.25, 0.3) is 5.91 Å². The number of rotatable bonds is 4. The van der Waals surface area contributed by atoms with Crippen LogP contribution >= 0.6 is 11.3 Å². The molecule has 0 atom stereocenters. The van der Waals surface area contributed by atoms with Gasteiger partial charge in [0.1, 0.15) is 10.6 Å². The zero-order valence-corrected chi connectivity index (χ0v) is 9.64. The third kappa shape index (κ3) is 2.25. The van der Waals surface area contributed by atoms with E-state index in [1.54, 1.807) is 13.2 Å². The molecule has 4 nitrogen and oxygen atoms in total. The minimum Gasteiger partial charge on any atom is -0.495 e. The fourth-order valence-corrected chi connectivity index (χ4v) is 2.13. The maximum atomic E-state index is 11.8. The summed E-state index contributed by atoms with van der Waals surface area (Å²) in [4.78, 5) is 15.4. The monoisotopic (exact) mass is 236 g/mol. The Morgan fingerprint density at radius 1 is 1.56 bits per heavy atom. The lowest BCUT2D eigenvalue weighted by Gasteiger charge is -2.04. The van der Waals surface area contributed by atoms with E-state index in [1.807, 2.05) is 23.7 Å². The molecule has 0 saturated heterocycles. The highest BCUT2D eigenvalue weighted by molar-refractivity contribution is 7.12. The highest BCUT2D eigenvalue weighted by Crippen LogP contribution is 2.23. The van der Waals surface area contributed by atoms with Crippen molar-refractivity contribution in [1.29, 1.82) is 0 Å². The largest absolute Gasteiger partial charge is 0.495 e. The number of nitrogens with one attached hydrogen (secondary N) is 2. The average Bonchev–Trinajstić information content (AvgIpc) is 2.96. The van der Waals surface area contributed by atoms with Gasteiger partial charge in [-0.3, -0.25) is 4.79 Å². The summed E-state index contributed by atoms with van der Waals surface area (Å²) < 4.78 is 5.09. The molecule has 5 heteroatoms. The van der Waals surface area contributed by atoms with Crippen LogP contribution in [0, 0.1) is 0 Å². The third-order valence-corrected chi connectivity index (χ3v) is 3.05. The van der Waals surface area contributed by atoms with E-state index < -0.39 is 0 Å². The van der Waals surface area contributed by atoms with Crippen molar-refractivity contribution >= 4 is 17.2 Å². The molecule has 0 unspecified atom stereocenters. The summed E-state index contributed by atoms with van der Waals surface area (Å²) in [5.41, 5.74) is 0.976. The van der Waals surface area contributed by atoms with Gasteiger partial charge < -0.3 is 15.0 Å². The number of H-pyrrole nitrogens is 1. The Balaban J connectivity index is 1.98. The van der Waals surface area contributed by atoms with E-state index in [1.165, 1.54) is 11.3 Å². The molecular formula is C11H12N2O2S. The van der Waals surface area contributed by atoms with E-state index in [0.29, 0.717) is 17.2 Å². The van der Waals surface area contributed by atoms with Crippen molar-refractivity contribution in [3.63, 3.8) is 0 Å². The van der Waals surface area contributed by atoms with Gasteiger partial charge in [0, 0.05) is 11.9 Å². The van der Waals surface area contributed by atoms with Crippen LogP contribution in [0.1, 0.15) is 15.4 Å². The second-order valence-electron chi connectivity index (χ2n) is 3.20. The Bertz CT molecular complexity index is 462. The topological polar surface area (TPSA) is 54.1 Å². The van der Waals surface area contributed by atoms with Crippen LogP contribution in [-0.4, -0.2) is 18.0 Å². The number of ether oxygens (including phenoxy) is 1. The highest BCUT2D eigenvalue weighted by Gasteiger charge is 2.13. The van der Waals surface area contributed by atoms with Gasteiger partial charge in [-0.2, -0.15) is 0 Å². The molecule has 0 radical (unpaired) electrons. The number of thiophene rings is 1. The molecular weight excluding hydrogens is 224 g/mol. The van der Waals surface area contributed by atoms with E-state index in [9.17, 15) is 4.79 Å². The van der Waals surface area contributed by atoms with Crippen molar-refractivity contribution in [3.05, 3.63) is 40.3 Å². The summed E-state index contributed by atoms with van der Waals surface area (Å²) in [5.74, 6) is 0.510. The summed E-state index contributed by atoms with van der Waals surface area (Å²) >= 11 is 1.37. The normalized spacial score (nSPS) is 10.1. The van der Waals surface area contributed by atoms with Gasteiger partial charge in [0.15, 0.2) is 0 Å². The van der Waals surface area contributed by atoms with Crippen molar-refractivity contribution in [3.8, 4) is 5.75 Å². The molecule has 0 fully saturated rings. The van der Waals surface area contributed by atoms with E-state index in [2.05, 4.69) is 10.3 Å². The zero-order valence-electron chi connectivity index (χ0n) is 8.82. The molecule has 0 bridgehead atoms. The van der Waals surface area contributed by atoms with E-state index >= 15 is 0 Å². The maximum absolute atomic E-state index is 11.8. The third-order valence-electron chi connectivity index (χ3n) is 2.16. The standard InChI is InChI=1S/C11H12N2O2S/c1-15-9-4-6-16-10(9)11(14)13-7-8-3-2-5-12-8/h2-6,12H,7H2,1H3,(H,13,14). The minimum absolute atomic E-state index is 0.110. The average molecular weight is 236 g/mol. The quantitative estimate of drug-likeness (QED) is 0.853. The van der Waals surface area contributed by atoms with Gasteiger partial charge in [-0.1, -0.05) is 0 Å². The highest BCUT2D eigenvalue weighted by atomic mass is 32.1. The molecule has 2 aromatic heterocycles. The molecule has 1 amide bonds. The number of carbonyl (C=O) groups is 1. The Labute approximate surface area is 97.3 Å². The Kier molecular flexibility index (Phi) is 3.26. The predicted octanol–water partition coefficient (Wildman–Crippen LogP) is 2.01. The van der Waals surface area contributed by atoms with Crippen molar-refractivity contribution in [2.24, 2.45) is 0 Å². The summed E-state index contributed by atoms with van der Waals surface area (Å²) in [6.45, 7) is 0.493.